The first-order valence-electron chi connectivity index (χ1n) is 8.31. The molecule has 0 amide bonds. The lowest BCUT2D eigenvalue weighted by Gasteiger charge is -2.31. The van der Waals surface area contributed by atoms with E-state index in [0.717, 1.165) is 32.1 Å². The molecule has 3 rings (SSSR count). The maximum Gasteiger partial charge on any atom is 0.118 e. The lowest BCUT2D eigenvalue weighted by atomic mass is 9.93. The number of hydrogen-bond donors (Lipinski definition) is 0. The van der Waals surface area contributed by atoms with Crippen molar-refractivity contribution in [2.45, 2.75) is 30.8 Å². The summed E-state index contributed by atoms with van der Waals surface area (Å²) in [6.07, 6.45) is 2.35. The fourth-order valence-electron chi connectivity index (χ4n) is 3.87. The number of likely N-dealkylation sites (tertiary alicyclic amines) is 1. The van der Waals surface area contributed by atoms with Gasteiger partial charge >= 0.3 is 0 Å². The van der Waals surface area contributed by atoms with Crippen molar-refractivity contribution in [2.24, 2.45) is 0 Å². The first kappa shape index (κ1) is 15.8. The summed E-state index contributed by atoms with van der Waals surface area (Å²) in [5, 5.41) is 0. The fourth-order valence-corrected chi connectivity index (χ4v) is 3.87. The predicted molar refractivity (Wildman–Crippen MR) is 88.6 cm³/mol. The molecular formula is C18H28N2O2. The van der Waals surface area contributed by atoms with E-state index in [-0.39, 0.29) is 0 Å². The molecule has 1 aromatic carbocycles. The average Bonchev–Trinajstić information content (AvgIpc) is 3.01. The van der Waals surface area contributed by atoms with E-state index in [1.165, 1.54) is 18.4 Å². The standard InChI is InChI=1S/C18H28N2O2/c1-19(2)18-13-20(15-8-10-22-11-9-15)12-17(18)14-4-6-16(21-3)7-5-14/h4-7,15,17-18H,8-13H2,1-3H3. The highest BCUT2D eigenvalue weighted by molar-refractivity contribution is 5.31. The molecule has 2 atom stereocenters. The summed E-state index contributed by atoms with van der Waals surface area (Å²) >= 11 is 0. The fraction of sp³-hybridized carbons (Fsp3) is 0.667. The van der Waals surface area contributed by atoms with Gasteiger partial charge < -0.3 is 14.4 Å². The molecule has 2 heterocycles. The molecule has 0 saturated carbocycles. The predicted octanol–water partition coefficient (Wildman–Crippen LogP) is 2.20. The highest BCUT2D eigenvalue weighted by atomic mass is 16.5. The van der Waals surface area contributed by atoms with E-state index in [1.807, 2.05) is 0 Å². The third kappa shape index (κ3) is 3.29. The molecule has 2 fully saturated rings. The third-order valence-corrected chi connectivity index (χ3v) is 5.23. The molecule has 4 nitrogen and oxygen atoms in total. The number of rotatable bonds is 4. The lowest BCUT2D eigenvalue weighted by Crippen LogP contribution is -2.40. The van der Waals surface area contributed by atoms with Crippen molar-refractivity contribution in [2.75, 3.05) is 47.5 Å². The van der Waals surface area contributed by atoms with Gasteiger partial charge in [-0.25, -0.2) is 0 Å². The Morgan fingerprint density at radius 1 is 1.09 bits per heavy atom. The van der Waals surface area contributed by atoms with Crippen LogP contribution in [0.2, 0.25) is 0 Å². The first-order chi connectivity index (χ1) is 10.7. The van der Waals surface area contributed by atoms with Crippen molar-refractivity contribution < 1.29 is 9.47 Å². The van der Waals surface area contributed by atoms with E-state index in [2.05, 4.69) is 48.2 Å². The number of hydrogen-bond acceptors (Lipinski definition) is 4. The molecule has 0 radical (unpaired) electrons. The molecule has 22 heavy (non-hydrogen) atoms. The summed E-state index contributed by atoms with van der Waals surface area (Å²) in [4.78, 5) is 5.07. The maximum absolute atomic E-state index is 5.52. The van der Waals surface area contributed by atoms with Crippen LogP contribution in [0.5, 0.6) is 5.75 Å². The van der Waals surface area contributed by atoms with Gasteiger partial charge in [-0.15, -0.1) is 0 Å². The molecule has 4 heteroatoms. The van der Waals surface area contributed by atoms with Gasteiger partial charge in [0.2, 0.25) is 0 Å². The molecule has 0 aliphatic carbocycles. The van der Waals surface area contributed by atoms with Crippen LogP contribution >= 0.6 is 0 Å². The second-order valence-corrected chi connectivity index (χ2v) is 6.71. The molecule has 2 saturated heterocycles. The molecule has 2 aliphatic heterocycles. The molecule has 0 bridgehead atoms. The van der Waals surface area contributed by atoms with Gasteiger partial charge in [0, 0.05) is 44.3 Å². The Hall–Kier alpha value is -1.10. The van der Waals surface area contributed by atoms with Crippen molar-refractivity contribution in [3.8, 4) is 5.75 Å². The Balaban J connectivity index is 1.75. The van der Waals surface area contributed by atoms with Gasteiger partial charge in [-0.2, -0.15) is 0 Å². The summed E-state index contributed by atoms with van der Waals surface area (Å²) in [5.41, 5.74) is 1.43. The minimum atomic E-state index is 0.573. The lowest BCUT2D eigenvalue weighted by molar-refractivity contribution is 0.0402. The van der Waals surface area contributed by atoms with Crippen molar-refractivity contribution >= 4 is 0 Å². The molecular weight excluding hydrogens is 276 g/mol. The van der Waals surface area contributed by atoms with E-state index < -0.39 is 0 Å². The van der Waals surface area contributed by atoms with Gasteiger partial charge in [0.25, 0.3) is 0 Å². The van der Waals surface area contributed by atoms with Crippen LogP contribution in [0.4, 0.5) is 0 Å². The Bertz CT molecular complexity index is 468. The zero-order valence-corrected chi connectivity index (χ0v) is 14.0. The average molecular weight is 304 g/mol. The Kier molecular flexibility index (Phi) is 5.01. The van der Waals surface area contributed by atoms with Crippen LogP contribution in [0, 0.1) is 0 Å². The minimum Gasteiger partial charge on any atom is -0.497 e. The zero-order chi connectivity index (χ0) is 15.5. The summed E-state index contributed by atoms with van der Waals surface area (Å²) < 4.78 is 10.8. The van der Waals surface area contributed by atoms with Crippen LogP contribution in [0.3, 0.4) is 0 Å². The van der Waals surface area contributed by atoms with Gasteiger partial charge in [0.05, 0.1) is 7.11 Å². The number of benzene rings is 1. The monoisotopic (exact) mass is 304 g/mol. The van der Waals surface area contributed by atoms with Crippen LogP contribution in [0.25, 0.3) is 0 Å². The molecule has 0 aromatic heterocycles. The summed E-state index contributed by atoms with van der Waals surface area (Å²) in [5.74, 6) is 1.51. The first-order valence-corrected chi connectivity index (χ1v) is 8.31. The van der Waals surface area contributed by atoms with E-state index in [0.29, 0.717) is 18.0 Å². The molecule has 1 aromatic rings. The van der Waals surface area contributed by atoms with Crippen LogP contribution in [-0.4, -0.2) is 69.4 Å². The Morgan fingerprint density at radius 3 is 2.36 bits per heavy atom. The number of ether oxygens (including phenoxy) is 2. The van der Waals surface area contributed by atoms with Crippen molar-refractivity contribution in [3.05, 3.63) is 29.8 Å². The quantitative estimate of drug-likeness (QED) is 0.851. The molecule has 0 N–H and O–H groups in total. The zero-order valence-electron chi connectivity index (χ0n) is 14.0. The summed E-state index contributed by atoms with van der Waals surface area (Å²) in [6.45, 7) is 4.15. The van der Waals surface area contributed by atoms with Crippen LogP contribution in [-0.2, 0) is 4.74 Å². The van der Waals surface area contributed by atoms with Crippen molar-refractivity contribution in [1.29, 1.82) is 0 Å². The van der Waals surface area contributed by atoms with Crippen LogP contribution in [0.15, 0.2) is 24.3 Å². The molecule has 122 valence electrons. The van der Waals surface area contributed by atoms with Crippen LogP contribution in [0.1, 0.15) is 24.3 Å². The normalized spacial score (nSPS) is 27.5. The second-order valence-electron chi connectivity index (χ2n) is 6.71. The van der Waals surface area contributed by atoms with Crippen molar-refractivity contribution in [1.82, 2.24) is 9.80 Å². The van der Waals surface area contributed by atoms with Gasteiger partial charge in [0.15, 0.2) is 0 Å². The van der Waals surface area contributed by atoms with E-state index in [9.17, 15) is 0 Å². The van der Waals surface area contributed by atoms with Crippen molar-refractivity contribution in [3.63, 3.8) is 0 Å². The van der Waals surface area contributed by atoms with Gasteiger partial charge in [-0.3, -0.25) is 4.90 Å². The molecule has 2 unspecified atom stereocenters. The van der Waals surface area contributed by atoms with E-state index >= 15 is 0 Å². The van der Waals surface area contributed by atoms with E-state index in [1.54, 1.807) is 7.11 Å². The SMILES string of the molecule is COc1ccc(C2CN(C3CCOCC3)CC2N(C)C)cc1. The van der Waals surface area contributed by atoms with Gasteiger partial charge in [-0.05, 0) is 44.6 Å². The number of likely N-dealkylation sites (N-methyl/N-ethyl adjacent to an activating group) is 1. The van der Waals surface area contributed by atoms with Crippen LogP contribution < -0.4 is 4.74 Å². The highest BCUT2D eigenvalue weighted by Gasteiger charge is 2.38. The van der Waals surface area contributed by atoms with Gasteiger partial charge in [0.1, 0.15) is 5.75 Å². The highest BCUT2D eigenvalue weighted by Crippen LogP contribution is 2.33. The number of nitrogens with zero attached hydrogens (tertiary/aromatic N) is 2. The Morgan fingerprint density at radius 2 is 1.77 bits per heavy atom. The van der Waals surface area contributed by atoms with Gasteiger partial charge in [-0.1, -0.05) is 12.1 Å². The summed E-state index contributed by atoms with van der Waals surface area (Å²) in [7, 11) is 6.13. The topological polar surface area (TPSA) is 24.9 Å². The number of methoxy groups -OCH3 is 1. The maximum atomic E-state index is 5.52. The largest absolute Gasteiger partial charge is 0.497 e. The third-order valence-electron chi connectivity index (χ3n) is 5.23. The Labute approximate surface area is 134 Å². The minimum absolute atomic E-state index is 0.573. The summed E-state index contributed by atoms with van der Waals surface area (Å²) in [6, 6.07) is 9.90. The smallest absolute Gasteiger partial charge is 0.118 e. The van der Waals surface area contributed by atoms with E-state index in [4.69, 9.17) is 9.47 Å². The molecule has 2 aliphatic rings. The molecule has 0 spiro atoms. The second kappa shape index (κ2) is 6.99.